The Hall–Kier alpha value is -1.44. The molecule has 1 aliphatic carbocycles. The molecule has 0 radical (unpaired) electrons. The fraction of sp³-hybridized carbons (Fsp3) is 0.667. The predicted molar refractivity (Wildman–Crippen MR) is 67.9 cm³/mol. The van der Waals surface area contributed by atoms with Gasteiger partial charge in [-0.1, -0.05) is 18.0 Å². The lowest BCUT2D eigenvalue weighted by Crippen LogP contribution is -2.38. The van der Waals surface area contributed by atoms with Crippen LogP contribution in [-0.4, -0.2) is 40.3 Å². The zero-order valence-corrected chi connectivity index (χ0v) is 11.1. The molecule has 2 rings (SSSR count). The third-order valence-corrected chi connectivity index (χ3v) is 3.45. The van der Waals surface area contributed by atoms with Gasteiger partial charge in [0.25, 0.3) is 5.91 Å². The van der Waals surface area contributed by atoms with E-state index < -0.39 is 11.5 Å². The second-order valence-corrected chi connectivity index (χ2v) is 5.26. The summed E-state index contributed by atoms with van der Waals surface area (Å²) < 4.78 is 5.07. The molecular weight excluding hydrogens is 248 g/mol. The molecule has 1 saturated carbocycles. The average molecular weight is 268 g/mol. The summed E-state index contributed by atoms with van der Waals surface area (Å²) in [5.41, 5.74) is 1.56. The number of carbonyl (C=O) groups is 1. The predicted octanol–water partition coefficient (Wildman–Crippen LogP) is 0.0150. The Morgan fingerprint density at radius 2 is 2.32 bits per heavy atom. The fourth-order valence-corrected chi connectivity index (χ4v) is 2.58. The van der Waals surface area contributed by atoms with Crippen molar-refractivity contribution in [2.45, 2.75) is 37.8 Å². The molecule has 4 N–H and O–H groups in total. The van der Waals surface area contributed by atoms with Crippen LogP contribution in [0.5, 0.6) is 0 Å². The Morgan fingerprint density at radius 3 is 2.95 bits per heavy atom. The first kappa shape index (κ1) is 14.0. The minimum atomic E-state index is -0.591. The molecule has 7 heteroatoms. The van der Waals surface area contributed by atoms with Crippen LogP contribution in [0.4, 0.5) is 0 Å². The molecule has 0 aliphatic heterocycles. The number of hydrazine groups is 1. The maximum atomic E-state index is 11.2. The van der Waals surface area contributed by atoms with E-state index in [1.165, 1.54) is 0 Å². The molecule has 1 heterocycles. The summed E-state index contributed by atoms with van der Waals surface area (Å²) in [5, 5.41) is 13.9. The maximum absolute atomic E-state index is 11.2. The first-order valence-electron chi connectivity index (χ1n) is 6.40. The normalized spacial score (nSPS) is 17.9. The zero-order valence-electron chi connectivity index (χ0n) is 11.1. The van der Waals surface area contributed by atoms with Gasteiger partial charge in [-0.05, 0) is 19.9 Å². The number of nitrogens with one attached hydrogen (secondary N) is 1. The lowest BCUT2D eigenvalue weighted by Gasteiger charge is -2.27. The van der Waals surface area contributed by atoms with Crippen molar-refractivity contribution in [1.29, 1.82) is 0 Å². The van der Waals surface area contributed by atoms with Crippen LogP contribution in [0, 0.1) is 0 Å². The van der Waals surface area contributed by atoms with Gasteiger partial charge in [-0.3, -0.25) is 15.1 Å². The van der Waals surface area contributed by atoms with Crippen LogP contribution in [-0.2, 0) is 6.54 Å². The quantitative estimate of drug-likeness (QED) is 0.395. The molecule has 106 valence electrons. The van der Waals surface area contributed by atoms with E-state index in [0.29, 0.717) is 18.8 Å². The molecule has 19 heavy (non-hydrogen) atoms. The Balaban J connectivity index is 1.89. The van der Waals surface area contributed by atoms with Gasteiger partial charge in [0.2, 0.25) is 0 Å². The van der Waals surface area contributed by atoms with Gasteiger partial charge in [0.1, 0.15) is 0 Å². The first-order valence-corrected chi connectivity index (χ1v) is 6.40. The summed E-state index contributed by atoms with van der Waals surface area (Å²) in [6, 6.07) is 1.55. The summed E-state index contributed by atoms with van der Waals surface area (Å²) in [6.07, 6.45) is 3.84. The minimum Gasteiger partial charge on any atom is -0.389 e. The van der Waals surface area contributed by atoms with Crippen molar-refractivity contribution in [2.75, 3.05) is 13.6 Å². The van der Waals surface area contributed by atoms with Gasteiger partial charge < -0.3 is 9.63 Å². The topological polar surface area (TPSA) is 105 Å². The van der Waals surface area contributed by atoms with Crippen molar-refractivity contribution < 1.29 is 14.4 Å². The zero-order chi connectivity index (χ0) is 13.9. The van der Waals surface area contributed by atoms with Crippen molar-refractivity contribution in [3.8, 4) is 0 Å². The van der Waals surface area contributed by atoms with Gasteiger partial charge >= 0.3 is 0 Å². The number of nitrogens with two attached hydrogens (primary N) is 1. The molecular formula is C12H20N4O3. The Bertz CT molecular complexity index is 440. The van der Waals surface area contributed by atoms with E-state index >= 15 is 0 Å². The summed E-state index contributed by atoms with van der Waals surface area (Å²) in [5.74, 6) is 5.11. The van der Waals surface area contributed by atoms with Crippen LogP contribution in [0.1, 0.15) is 41.9 Å². The second-order valence-electron chi connectivity index (χ2n) is 5.26. The number of nitrogen functional groups attached to an aromatic ring is 1. The number of nitrogens with zero attached hydrogens (tertiary/aromatic N) is 2. The van der Waals surface area contributed by atoms with Gasteiger partial charge in [0, 0.05) is 12.6 Å². The highest BCUT2D eigenvalue weighted by Crippen LogP contribution is 2.30. The number of hydrogen-bond donors (Lipinski definition) is 3. The lowest BCUT2D eigenvalue weighted by atomic mass is 10.0. The Labute approximate surface area is 111 Å². The standard InChI is InChI=1S/C12H20N4O3/c1-16(8-12(18)4-2-3-5-12)7-9-6-10(15-19-9)11(17)14-13/h6,18H,2-5,7-8,13H2,1H3,(H,14,17). The molecule has 1 aliphatic rings. The molecule has 0 bridgehead atoms. The van der Waals surface area contributed by atoms with Crippen LogP contribution in [0.3, 0.4) is 0 Å². The number of hydrogen-bond acceptors (Lipinski definition) is 6. The fourth-order valence-electron chi connectivity index (χ4n) is 2.58. The summed E-state index contributed by atoms with van der Waals surface area (Å²) >= 11 is 0. The molecule has 7 nitrogen and oxygen atoms in total. The van der Waals surface area contributed by atoms with Crippen LogP contribution < -0.4 is 11.3 Å². The second kappa shape index (κ2) is 5.68. The van der Waals surface area contributed by atoms with E-state index in [1.54, 1.807) is 6.07 Å². The van der Waals surface area contributed by atoms with Crippen LogP contribution >= 0.6 is 0 Å². The molecule has 0 atom stereocenters. The monoisotopic (exact) mass is 268 g/mol. The van der Waals surface area contributed by atoms with Gasteiger partial charge in [-0.15, -0.1) is 0 Å². The highest BCUT2D eigenvalue weighted by molar-refractivity contribution is 5.91. The molecule has 0 unspecified atom stereocenters. The molecule has 0 aromatic carbocycles. The minimum absolute atomic E-state index is 0.158. The first-order chi connectivity index (χ1) is 9.02. The third-order valence-electron chi connectivity index (χ3n) is 3.45. The van der Waals surface area contributed by atoms with Crippen LogP contribution in [0.15, 0.2) is 10.6 Å². The average Bonchev–Trinajstić information content (AvgIpc) is 2.97. The van der Waals surface area contributed by atoms with Crippen molar-refractivity contribution in [3.63, 3.8) is 0 Å². The highest BCUT2D eigenvalue weighted by atomic mass is 16.5. The van der Waals surface area contributed by atoms with Crippen molar-refractivity contribution in [1.82, 2.24) is 15.5 Å². The van der Waals surface area contributed by atoms with Gasteiger partial charge in [0.15, 0.2) is 11.5 Å². The number of rotatable bonds is 5. The van der Waals surface area contributed by atoms with E-state index in [0.717, 1.165) is 25.7 Å². The number of aromatic nitrogens is 1. The van der Waals surface area contributed by atoms with Crippen LogP contribution in [0.25, 0.3) is 0 Å². The van der Waals surface area contributed by atoms with E-state index in [9.17, 15) is 9.90 Å². The van der Waals surface area contributed by atoms with Crippen molar-refractivity contribution in [3.05, 3.63) is 17.5 Å². The number of likely N-dealkylation sites (N-methyl/N-ethyl adjacent to an activating group) is 1. The van der Waals surface area contributed by atoms with E-state index in [1.807, 2.05) is 17.4 Å². The van der Waals surface area contributed by atoms with Gasteiger partial charge in [-0.2, -0.15) is 0 Å². The van der Waals surface area contributed by atoms with Gasteiger partial charge in [0.05, 0.1) is 12.1 Å². The summed E-state index contributed by atoms with van der Waals surface area (Å²) in [6.45, 7) is 1.08. The van der Waals surface area contributed by atoms with Crippen molar-refractivity contribution >= 4 is 5.91 Å². The number of aliphatic hydroxyl groups is 1. The molecule has 1 fully saturated rings. The highest BCUT2D eigenvalue weighted by Gasteiger charge is 2.32. The molecule has 0 saturated heterocycles. The molecule has 1 amide bonds. The van der Waals surface area contributed by atoms with Crippen molar-refractivity contribution in [2.24, 2.45) is 5.84 Å². The van der Waals surface area contributed by atoms with E-state index in [2.05, 4.69) is 5.16 Å². The largest absolute Gasteiger partial charge is 0.389 e. The number of carbonyl (C=O) groups excluding carboxylic acids is 1. The molecule has 1 aromatic heterocycles. The SMILES string of the molecule is CN(Cc1cc(C(=O)NN)no1)CC1(O)CCCC1. The number of amides is 1. The Kier molecular flexibility index (Phi) is 4.18. The summed E-state index contributed by atoms with van der Waals surface area (Å²) in [7, 11) is 1.90. The molecule has 1 aromatic rings. The third kappa shape index (κ3) is 3.52. The smallest absolute Gasteiger partial charge is 0.287 e. The van der Waals surface area contributed by atoms with Crippen LogP contribution in [0.2, 0.25) is 0 Å². The maximum Gasteiger partial charge on any atom is 0.287 e. The van der Waals surface area contributed by atoms with E-state index in [-0.39, 0.29) is 5.69 Å². The van der Waals surface area contributed by atoms with E-state index in [4.69, 9.17) is 10.4 Å². The molecule has 0 spiro atoms. The van der Waals surface area contributed by atoms with Gasteiger partial charge in [-0.25, -0.2) is 5.84 Å². The summed E-state index contributed by atoms with van der Waals surface area (Å²) in [4.78, 5) is 13.2. The lowest BCUT2D eigenvalue weighted by molar-refractivity contribution is 0.0128. The Morgan fingerprint density at radius 1 is 1.63 bits per heavy atom.